The lowest BCUT2D eigenvalue weighted by Crippen LogP contribution is -2.10. The average Bonchev–Trinajstić information content (AvgIpc) is 3.01. The number of amides is 2. The Kier molecular flexibility index (Phi) is 6.44. The second-order valence-electron chi connectivity index (χ2n) is 6.76. The highest BCUT2D eigenvalue weighted by Crippen LogP contribution is 2.35. The first-order valence-electron chi connectivity index (χ1n) is 9.38. The van der Waals surface area contributed by atoms with Crippen molar-refractivity contribution in [3.63, 3.8) is 0 Å². The zero-order valence-electron chi connectivity index (χ0n) is 16.5. The molecule has 0 aromatic heterocycles. The lowest BCUT2D eigenvalue weighted by Gasteiger charge is -2.10. The summed E-state index contributed by atoms with van der Waals surface area (Å²) in [5.41, 5.74) is 2.81. The minimum atomic E-state index is -0.357. The highest BCUT2D eigenvalue weighted by Gasteiger charge is 2.21. The first kappa shape index (κ1) is 20.7. The van der Waals surface area contributed by atoms with E-state index >= 15 is 0 Å². The molecule has 29 heavy (non-hydrogen) atoms. The van der Waals surface area contributed by atoms with Gasteiger partial charge in [-0.1, -0.05) is 11.6 Å². The smallest absolute Gasteiger partial charge is 0.248 e. The summed E-state index contributed by atoms with van der Waals surface area (Å²) in [4.78, 5) is 23.6. The lowest BCUT2D eigenvalue weighted by atomic mass is 10.1. The number of fused-ring (bicyclic) bond motifs is 1. The number of anilines is 2. The number of ether oxygens (including phenoxy) is 2. The number of benzene rings is 2. The Labute approximate surface area is 174 Å². The van der Waals surface area contributed by atoms with Gasteiger partial charge in [-0.2, -0.15) is 0 Å². The molecule has 6 nitrogen and oxygen atoms in total. The topological polar surface area (TPSA) is 76.7 Å². The number of halogens is 1. The maximum Gasteiger partial charge on any atom is 0.248 e. The SMILES string of the molecule is CCOc1cc2c(cc1C=CC(=O)Nc1cc(NC(C)=O)ccc1Cl)OC(C)C2. The standard InChI is InChI=1S/C22H23ClN2O4/c1-4-28-20-11-16-9-13(2)29-21(16)10-15(20)5-8-22(27)25-19-12-17(24-14(3)26)6-7-18(19)23/h5-8,10-13H,4,9H2,1-3H3,(H,24,26)(H,25,27). The summed E-state index contributed by atoms with van der Waals surface area (Å²) < 4.78 is 11.5. The summed E-state index contributed by atoms with van der Waals surface area (Å²) in [6.45, 7) is 5.86. The van der Waals surface area contributed by atoms with Gasteiger partial charge in [-0.3, -0.25) is 9.59 Å². The molecule has 7 heteroatoms. The molecule has 0 bridgehead atoms. The molecule has 0 fully saturated rings. The molecule has 1 unspecified atom stereocenters. The van der Waals surface area contributed by atoms with Crippen molar-refractivity contribution in [3.8, 4) is 11.5 Å². The van der Waals surface area contributed by atoms with E-state index in [4.69, 9.17) is 21.1 Å². The summed E-state index contributed by atoms with van der Waals surface area (Å²) in [5, 5.41) is 5.75. The predicted molar refractivity (Wildman–Crippen MR) is 115 cm³/mol. The Bertz CT molecular complexity index is 972. The number of hydrogen-bond donors (Lipinski definition) is 2. The van der Waals surface area contributed by atoms with Gasteiger partial charge in [0.15, 0.2) is 0 Å². The summed E-state index contributed by atoms with van der Waals surface area (Å²) >= 11 is 6.15. The van der Waals surface area contributed by atoms with Crippen LogP contribution in [0, 0.1) is 0 Å². The number of carbonyl (C=O) groups is 2. The first-order chi connectivity index (χ1) is 13.9. The number of carbonyl (C=O) groups excluding carboxylic acids is 2. The van der Waals surface area contributed by atoms with E-state index in [2.05, 4.69) is 10.6 Å². The van der Waals surface area contributed by atoms with Crippen LogP contribution in [0.15, 0.2) is 36.4 Å². The second kappa shape index (κ2) is 9.01. The first-order valence-corrected chi connectivity index (χ1v) is 9.76. The van der Waals surface area contributed by atoms with Crippen LogP contribution in [-0.4, -0.2) is 24.5 Å². The maximum atomic E-state index is 12.4. The van der Waals surface area contributed by atoms with Gasteiger partial charge in [0.05, 0.1) is 17.3 Å². The molecule has 2 N–H and O–H groups in total. The van der Waals surface area contributed by atoms with Crippen molar-refractivity contribution in [2.45, 2.75) is 33.3 Å². The van der Waals surface area contributed by atoms with Crippen molar-refractivity contribution < 1.29 is 19.1 Å². The van der Waals surface area contributed by atoms with E-state index in [1.54, 1.807) is 24.3 Å². The van der Waals surface area contributed by atoms with Crippen LogP contribution >= 0.6 is 11.6 Å². The van der Waals surface area contributed by atoms with Gasteiger partial charge in [0, 0.05) is 36.2 Å². The van der Waals surface area contributed by atoms with Crippen molar-refractivity contribution in [1.82, 2.24) is 0 Å². The molecule has 2 aromatic carbocycles. The third-order valence-corrected chi connectivity index (χ3v) is 4.62. The van der Waals surface area contributed by atoms with E-state index in [1.807, 2.05) is 26.0 Å². The van der Waals surface area contributed by atoms with Crippen LogP contribution in [0.3, 0.4) is 0 Å². The summed E-state index contributed by atoms with van der Waals surface area (Å²) in [6.07, 6.45) is 4.05. The maximum absolute atomic E-state index is 12.4. The molecule has 0 aliphatic carbocycles. The number of nitrogens with one attached hydrogen (secondary N) is 2. The fourth-order valence-corrected chi connectivity index (χ4v) is 3.27. The molecule has 152 valence electrons. The van der Waals surface area contributed by atoms with Gasteiger partial charge < -0.3 is 20.1 Å². The van der Waals surface area contributed by atoms with Crippen LogP contribution in [0.1, 0.15) is 31.9 Å². The largest absolute Gasteiger partial charge is 0.493 e. The molecule has 0 radical (unpaired) electrons. The molecule has 3 rings (SSSR count). The third-order valence-electron chi connectivity index (χ3n) is 4.29. The molecule has 1 heterocycles. The number of rotatable bonds is 6. The third kappa shape index (κ3) is 5.29. The zero-order valence-corrected chi connectivity index (χ0v) is 17.3. The minimum absolute atomic E-state index is 0.125. The summed E-state index contributed by atoms with van der Waals surface area (Å²) in [7, 11) is 0. The summed E-state index contributed by atoms with van der Waals surface area (Å²) in [6, 6.07) is 8.73. The van der Waals surface area contributed by atoms with Crippen LogP contribution in [0.25, 0.3) is 6.08 Å². The highest BCUT2D eigenvalue weighted by molar-refractivity contribution is 6.34. The Balaban J connectivity index is 1.77. The fourth-order valence-electron chi connectivity index (χ4n) is 3.11. The predicted octanol–water partition coefficient (Wildman–Crippen LogP) is 4.67. The molecule has 1 aliphatic heterocycles. The molecule has 2 aromatic rings. The van der Waals surface area contributed by atoms with Gasteiger partial charge in [-0.25, -0.2) is 0 Å². The van der Waals surface area contributed by atoms with E-state index < -0.39 is 0 Å². The Hall–Kier alpha value is -2.99. The Morgan fingerprint density at radius 1 is 1.28 bits per heavy atom. The van der Waals surface area contributed by atoms with E-state index in [0.29, 0.717) is 28.8 Å². The molecular formula is C22H23ClN2O4. The van der Waals surface area contributed by atoms with Gasteiger partial charge in [-0.15, -0.1) is 0 Å². The van der Waals surface area contributed by atoms with Gasteiger partial charge in [0.25, 0.3) is 0 Å². The fraction of sp³-hybridized carbons (Fsp3) is 0.273. The van der Waals surface area contributed by atoms with E-state index in [1.165, 1.54) is 13.0 Å². The number of hydrogen-bond acceptors (Lipinski definition) is 4. The molecule has 1 atom stereocenters. The van der Waals surface area contributed by atoms with E-state index in [0.717, 1.165) is 23.3 Å². The normalized spacial score (nSPS) is 15.0. The zero-order chi connectivity index (χ0) is 21.0. The molecule has 2 amide bonds. The Morgan fingerprint density at radius 3 is 2.79 bits per heavy atom. The Morgan fingerprint density at radius 2 is 2.07 bits per heavy atom. The van der Waals surface area contributed by atoms with Gasteiger partial charge in [0.1, 0.15) is 17.6 Å². The quantitative estimate of drug-likeness (QED) is 0.673. The van der Waals surface area contributed by atoms with Crippen LogP contribution in [0.2, 0.25) is 5.02 Å². The highest BCUT2D eigenvalue weighted by atomic mass is 35.5. The van der Waals surface area contributed by atoms with Gasteiger partial charge in [-0.05, 0) is 50.3 Å². The van der Waals surface area contributed by atoms with E-state index in [9.17, 15) is 9.59 Å². The van der Waals surface area contributed by atoms with Crippen molar-refractivity contribution in [2.75, 3.05) is 17.2 Å². The monoisotopic (exact) mass is 414 g/mol. The minimum Gasteiger partial charge on any atom is -0.493 e. The van der Waals surface area contributed by atoms with Crippen LogP contribution in [-0.2, 0) is 16.0 Å². The average molecular weight is 415 g/mol. The second-order valence-corrected chi connectivity index (χ2v) is 7.17. The van der Waals surface area contributed by atoms with Crippen molar-refractivity contribution in [3.05, 3.63) is 52.6 Å². The lowest BCUT2D eigenvalue weighted by molar-refractivity contribution is -0.114. The molecule has 0 saturated carbocycles. The molecule has 1 aliphatic rings. The van der Waals surface area contributed by atoms with Crippen molar-refractivity contribution in [1.29, 1.82) is 0 Å². The molecule has 0 saturated heterocycles. The molecule has 0 spiro atoms. The van der Waals surface area contributed by atoms with Crippen molar-refractivity contribution in [2.24, 2.45) is 0 Å². The van der Waals surface area contributed by atoms with Gasteiger partial charge >= 0.3 is 0 Å². The van der Waals surface area contributed by atoms with Crippen molar-refractivity contribution >= 4 is 40.9 Å². The van der Waals surface area contributed by atoms with Gasteiger partial charge in [0.2, 0.25) is 11.8 Å². The van der Waals surface area contributed by atoms with Crippen LogP contribution in [0.5, 0.6) is 11.5 Å². The molecular weight excluding hydrogens is 392 g/mol. The van der Waals surface area contributed by atoms with E-state index in [-0.39, 0.29) is 17.9 Å². The van der Waals surface area contributed by atoms with Crippen LogP contribution < -0.4 is 20.1 Å². The summed E-state index contributed by atoms with van der Waals surface area (Å²) in [5.74, 6) is 0.955. The van der Waals surface area contributed by atoms with Crippen LogP contribution in [0.4, 0.5) is 11.4 Å².